The zero-order chi connectivity index (χ0) is 19.5. The lowest BCUT2D eigenvalue weighted by atomic mass is 9.99. The molecule has 0 saturated carbocycles. The molecule has 28 heavy (non-hydrogen) atoms. The van der Waals surface area contributed by atoms with Crippen LogP contribution in [0.2, 0.25) is 0 Å². The Morgan fingerprint density at radius 2 is 1.50 bits per heavy atom. The number of pyridine rings is 1. The van der Waals surface area contributed by atoms with Crippen LogP contribution in [0, 0.1) is 0 Å². The molecule has 2 aromatic carbocycles. The van der Waals surface area contributed by atoms with Gasteiger partial charge in [0.1, 0.15) is 0 Å². The maximum absolute atomic E-state index is 13.2. The van der Waals surface area contributed by atoms with Gasteiger partial charge in [-0.05, 0) is 29.3 Å². The van der Waals surface area contributed by atoms with Crippen molar-refractivity contribution in [3.63, 3.8) is 0 Å². The number of rotatable bonds is 4. The first-order valence-corrected chi connectivity index (χ1v) is 8.87. The summed E-state index contributed by atoms with van der Waals surface area (Å²) in [6, 6.07) is 20.1. The highest BCUT2D eigenvalue weighted by molar-refractivity contribution is 6.05. The summed E-state index contributed by atoms with van der Waals surface area (Å²) >= 11 is 0. The maximum atomic E-state index is 13.2. The van der Waals surface area contributed by atoms with Crippen LogP contribution >= 0.6 is 0 Å². The summed E-state index contributed by atoms with van der Waals surface area (Å²) in [5.41, 5.74) is 1.83. The zero-order valence-electron chi connectivity index (χ0n) is 15.2. The number of benzene rings is 2. The van der Waals surface area contributed by atoms with E-state index in [9.17, 15) is 9.59 Å². The van der Waals surface area contributed by atoms with E-state index >= 15 is 0 Å². The van der Waals surface area contributed by atoms with Gasteiger partial charge in [0.2, 0.25) is 0 Å². The largest absolute Gasteiger partial charge is 0.340 e. The van der Waals surface area contributed by atoms with E-state index in [1.54, 1.807) is 43.7 Å². The van der Waals surface area contributed by atoms with Crippen molar-refractivity contribution >= 4 is 16.7 Å². The summed E-state index contributed by atoms with van der Waals surface area (Å²) in [7, 11) is 1.54. The van der Waals surface area contributed by atoms with Gasteiger partial charge in [-0.3, -0.25) is 14.6 Å². The molecule has 4 rings (SSSR count). The van der Waals surface area contributed by atoms with Gasteiger partial charge >= 0.3 is 0 Å². The van der Waals surface area contributed by atoms with E-state index in [1.165, 1.54) is 4.68 Å². The lowest BCUT2D eigenvalue weighted by Crippen LogP contribution is -2.32. The lowest BCUT2D eigenvalue weighted by molar-refractivity contribution is 0.0937. The van der Waals surface area contributed by atoms with Gasteiger partial charge in [-0.15, -0.1) is 0 Å². The molecule has 0 bridgehead atoms. The molecule has 1 atom stereocenters. The summed E-state index contributed by atoms with van der Waals surface area (Å²) in [5.74, 6) is -0.350. The van der Waals surface area contributed by atoms with Crippen LogP contribution in [0.15, 0.2) is 83.9 Å². The van der Waals surface area contributed by atoms with Gasteiger partial charge in [0.05, 0.1) is 11.4 Å². The van der Waals surface area contributed by atoms with Crippen molar-refractivity contribution in [2.75, 3.05) is 0 Å². The third-order valence-corrected chi connectivity index (χ3v) is 4.62. The van der Waals surface area contributed by atoms with E-state index < -0.39 is 0 Å². The highest BCUT2D eigenvalue weighted by Gasteiger charge is 2.21. The zero-order valence-corrected chi connectivity index (χ0v) is 15.2. The highest BCUT2D eigenvalue weighted by Crippen LogP contribution is 2.22. The molecule has 1 N–H and O–H groups in total. The average Bonchev–Trinajstić information content (AvgIpc) is 2.75. The van der Waals surface area contributed by atoms with Gasteiger partial charge < -0.3 is 5.32 Å². The molecular formula is C22H18N4O2. The quantitative estimate of drug-likeness (QED) is 0.599. The van der Waals surface area contributed by atoms with E-state index in [4.69, 9.17) is 0 Å². The fraction of sp³-hybridized carbons (Fsp3) is 0.0909. The van der Waals surface area contributed by atoms with Crippen LogP contribution in [0.4, 0.5) is 0 Å². The fourth-order valence-corrected chi connectivity index (χ4v) is 3.23. The Morgan fingerprint density at radius 1 is 0.893 bits per heavy atom. The van der Waals surface area contributed by atoms with Crippen LogP contribution in [-0.2, 0) is 7.05 Å². The molecule has 4 aromatic rings. The minimum Gasteiger partial charge on any atom is -0.340 e. The second-order valence-corrected chi connectivity index (χ2v) is 6.42. The van der Waals surface area contributed by atoms with E-state index in [0.29, 0.717) is 10.8 Å². The second-order valence-electron chi connectivity index (χ2n) is 6.42. The monoisotopic (exact) mass is 370 g/mol. The van der Waals surface area contributed by atoms with E-state index in [0.717, 1.165) is 11.1 Å². The van der Waals surface area contributed by atoms with Crippen LogP contribution in [0.5, 0.6) is 0 Å². The number of carbonyl (C=O) groups is 1. The molecule has 1 amide bonds. The molecule has 2 heterocycles. The standard InChI is InChI=1S/C22H18N4O2/c1-26-22(28)18-10-6-5-9-17(18)20(25-26)21(27)24-19(15-7-3-2-4-8-15)16-11-13-23-14-12-16/h2-14,19H,1H3,(H,24,27)/t19-/m1/s1. The Bertz CT molecular complexity index is 1150. The Balaban J connectivity index is 1.79. The van der Waals surface area contributed by atoms with Gasteiger partial charge in [0.15, 0.2) is 5.69 Å². The number of aromatic nitrogens is 3. The van der Waals surface area contributed by atoms with E-state index in [1.807, 2.05) is 42.5 Å². The fourth-order valence-electron chi connectivity index (χ4n) is 3.23. The van der Waals surface area contributed by atoms with Crippen molar-refractivity contribution in [1.82, 2.24) is 20.1 Å². The van der Waals surface area contributed by atoms with Crippen LogP contribution in [0.3, 0.4) is 0 Å². The smallest absolute Gasteiger partial charge is 0.274 e. The lowest BCUT2D eigenvalue weighted by Gasteiger charge is -2.20. The Kier molecular flexibility index (Phi) is 4.68. The molecule has 0 aliphatic carbocycles. The molecular weight excluding hydrogens is 352 g/mol. The van der Waals surface area contributed by atoms with Crippen molar-refractivity contribution in [2.45, 2.75) is 6.04 Å². The number of hydrogen-bond acceptors (Lipinski definition) is 4. The number of fused-ring (bicyclic) bond motifs is 1. The summed E-state index contributed by atoms with van der Waals surface area (Å²) < 4.78 is 1.20. The van der Waals surface area contributed by atoms with Crippen LogP contribution < -0.4 is 10.9 Å². The van der Waals surface area contributed by atoms with Crippen molar-refractivity contribution in [2.24, 2.45) is 7.05 Å². The minimum absolute atomic E-state index is 0.215. The predicted octanol–water partition coefficient (Wildman–Crippen LogP) is 2.85. The van der Waals surface area contributed by atoms with Crippen molar-refractivity contribution in [1.29, 1.82) is 0 Å². The normalized spacial score (nSPS) is 11.9. The first kappa shape index (κ1) is 17.6. The Morgan fingerprint density at radius 3 is 2.21 bits per heavy atom. The van der Waals surface area contributed by atoms with Gasteiger partial charge in [-0.25, -0.2) is 4.68 Å². The topological polar surface area (TPSA) is 76.9 Å². The Hall–Kier alpha value is -3.80. The molecule has 6 nitrogen and oxygen atoms in total. The molecule has 6 heteroatoms. The highest BCUT2D eigenvalue weighted by atomic mass is 16.2. The summed E-state index contributed by atoms with van der Waals surface area (Å²) in [6.45, 7) is 0. The van der Waals surface area contributed by atoms with Gasteiger partial charge in [-0.1, -0.05) is 48.5 Å². The van der Waals surface area contributed by atoms with Crippen LogP contribution in [-0.4, -0.2) is 20.7 Å². The van der Waals surface area contributed by atoms with Crippen molar-refractivity contribution < 1.29 is 4.79 Å². The summed E-state index contributed by atoms with van der Waals surface area (Å²) in [4.78, 5) is 29.6. The molecule has 0 aliphatic heterocycles. The summed E-state index contributed by atoms with van der Waals surface area (Å²) in [6.07, 6.45) is 3.38. The van der Waals surface area contributed by atoms with Crippen molar-refractivity contribution in [3.05, 3.63) is 106 Å². The first-order valence-electron chi connectivity index (χ1n) is 8.87. The van der Waals surface area contributed by atoms with Crippen molar-refractivity contribution in [3.8, 4) is 0 Å². The molecule has 0 unspecified atom stereocenters. The molecule has 0 aliphatic rings. The van der Waals surface area contributed by atoms with Gasteiger partial charge in [0.25, 0.3) is 11.5 Å². The molecule has 0 saturated heterocycles. The van der Waals surface area contributed by atoms with E-state index in [2.05, 4.69) is 15.4 Å². The van der Waals surface area contributed by atoms with Crippen LogP contribution in [0.25, 0.3) is 10.8 Å². The van der Waals surface area contributed by atoms with Crippen LogP contribution in [0.1, 0.15) is 27.7 Å². The number of hydrogen-bond donors (Lipinski definition) is 1. The minimum atomic E-state index is -0.366. The number of nitrogens with zero attached hydrogens (tertiary/aromatic N) is 3. The molecule has 2 aromatic heterocycles. The predicted molar refractivity (Wildman–Crippen MR) is 107 cm³/mol. The number of amides is 1. The molecule has 0 radical (unpaired) electrons. The molecule has 0 fully saturated rings. The van der Waals surface area contributed by atoms with E-state index in [-0.39, 0.29) is 23.2 Å². The first-order chi connectivity index (χ1) is 13.6. The van der Waals surface area contributed by atoms with Gasteiger partial charge in [0, 0.05) is 24.8 Å². The average molecular weight is 370 g/mol. The second kappa shape index (κ2) is 7.44. The third kappa shape index (κ3) is 3.27. The number of aryl methyl sites for hydroxylation is 1. The number of nitrogens with one attached hydrogen (secondary N) is 1. The summed E-state index contributed by atoms with van der Waals surface area (Å²) in [5, 5.41) is 8.28. The Labute approximate surface area is 161 Å². The molecule has 0 spiro atoms. The SMILES string of the molecule is Cn1nc(C(=O)N[C@H](c2ccccc2)c2ccncc2)c2ccccc2c1=O. The number of carbonyl (C=O) groups excluding carboxylic acids is 1. The maximum Gasteiger partial charge on any atom is 0.274 e. The van der Waals surface area contributed by atoms with Gasteiger partial charge in [-0.2, -0.15) is 5.10 Å². The third-order valence-electron chi connectivity index (χ3n) is 4.62. The molecule has 138 valence electrons.